The van der Waals surface area contributed by atoms with Gasteiger partial charge in [-0.25, -0.2) is 0 Å². The van der Waals surface area contributed by atoms with E-state index in [4.69, 9.17) is 0 Å². The Bertz CT molecular complexity index is 134. The first-order chi connectivity index (χ1) is 4.72. The highest BCUT2D eigenvalue weighted by molar-refractivity contribution is 5.96. The molecule has 1 N–H and O–H groups in total. The Morgan fingerprint density at radius 3 is 2.40 bits per heavy atom. The maximum atomic E-state index is 4.11. The van der Waals surface area contributed by atoms with Crippen LogP contribution in [0, 0.1) is 5.92 Å². The van der Waals surface area contributed by atoms with E-state index in [0.717, 1.165) is 5.71 Å². The molecule has 0 aromatic rings. The average Bonchev–Trinajstić information content (AvgIpc) is 1.89. The van der Waals surface area contributed by atoms with Crippen LogP contribution in [0.15, 0.2) is 17.3 Å². The van der Waals surface area contributed by atoms with Gasteiger partial charge in [0, 0.05) is 19.8 Å². The summed E-state index contributed by atoms with van der Waals surface area (Å²) in [5.41, 5.74) is 1.12. The molecule has 2 heteroatoms. The molecule has 2 nitrogen and oxygen atoms in total. The highest BCUT2D eigenvalue weighted by Crippen LogP contribution is 1.97. The van der Waals surface area contributed by atoms with E-state index in [-0.39, 0.29) is 0 Å². The van der Waals surface area contributed by atoms with Crippen molar-refractivity contribution in [1.29, 1.82) is 0 Å². The van der Waals surface area contributed by atoms with E-state index < -0.39 is 0 Å². The number of rotatable bonds is 3. The molecule has 0 saturated heterocycles. The zero-order valence-electron chi connectivity index (χ0n) is 7.18. The predicted octanol–water partition coefficient (Wildman–Crippen LogP) is 1.45. The van der Waals surface area contributed by atoms with Gasteiger partial charge in [-0.15, -0.1) is 0 Å². The summed E-state index contributed by atoms with van der Waals surface area (Å²) in [6, 6.07) is 0. The molecule has 0 saturated carbocycles. The van der Waals surface area contributed by atoms with Crippen molar-refractivity contribution in [1.82, 2.24) is 5.32 Å². The van der Waals surface area contributed by atoms with E-state index in [9.17, 15) is 0 Å². The summed E-state index contributed by atoms with van der Waals surface area (Å²) >= 11 is 0. The molecule has 0 aliphatic rings. The molecule has 0 fully saturated rings. The van der Waals surface area contributed by atoms with Crippen molar-refractivity contribution >= 4 is 5.71 Å². The third-order valence-electron chi connectivity index (χ3n) is 1.27. The quantitative estimate of drug-likeness (QED) is 0.589. The summed E-state index contributed by atoms with van der Waals surface area (Å²) in [6.45, 7) is 4.25. The molecule has 0 aromatic carbocycles. The lowest BCUT2D eigenvalue weighted by molar-refractivity contribution is 0.884. The Morgan fingerprint density at radius 2 is 2.10 bits per heavy atom. The number of allylic oxidation sites excluding steroid dienone is 1. The molecule has 0 aliphatic heterocycles. The summed E-state index contributed by atoms with van der Waals surface area (Å²) in [6.07, 6.45) is 3.88. The lowest BCUT2D eigenvalue weighted by Gasteiger charge is -2.02. The van der Waals surface area contributed by atoms with Crippen LogP contribution < -0.4 is 5.32 Å². The number of nitrogens with zero attached hydrogens (tertiary/aromatic N) is 1. The van der Waals surface area contributed by atoms with Gasteiger partial charge in [0.1, 0.15) is 0 Å². The van der Waals surface area contributed by atoms with Crippen molar-refractivity contribution in [3.05, 3.63) is 12.3 Å². The molecule has 0 aliphatic carbocycles. The summed E-state index contributed by atoms with van der Waals surface area (Å²) < 4.78 is 0. The standard InChI is InChI=1S/C8H16N2/c1-7(2)8(10-4)5-6-9-3/h5-7,9H,1-4H3/b6-5-,10-8+. The first-order valence-corrected chi connectivity index (χ1v) is 3.52. The Labute approximate surface area is 63.0 Å². The van der Waals surface area contributed by atoms with E-state index in [0.29, 0.717) is 5.92 Å². The molecule has 10 heavy (non-hydrogen) atoms. The number of hydrogen-bond donors (Lipinski definition) is 1. The van der Waals surface area contributed by atoms with Crippen molar-refractivity contribution in [2.24, 2.45) is 10.9 Å². The highest BCUT2D eigenvalue weighted by atomic mass is 14.8. The van der Waals surface area contributed by atoms with Crippen LogP contribution >= 0.6 is 0 Å². The second kappa shape index (κ2) is 5.03. The largest absolute Gasteiger partial charge is 0.394 e. The fourth-order valence-corrected chi connectivity index (χ4v) is 0.694. The Kier molecular flexibility index (Phi) is 4.63. The summed E-state index contributed by atoms with van der Waals surface area (Å²) in [5.74, 6) is 0.509. The van der Waals surface area contributed by atoms with Crippen LogP contribution in [-0.4, -0.2) is 19.8 Å². The maximum Gasteiger partial charge on any atom is 0.0384 e. The zero-order valence-corrected chi connectivity index (χ0v) is 7.18. The fraction of sp³-hybridized carbons (Fsp3) is 0.625. The van der Waals surface area contributed by atoms with Crippen molar-refractivity contribution in [3.63, 3.8) is 0 Å². The summed E-state index contributed by atoms with van der Waals surface area (Å²) in [5, 5.41) is 2.93. The third-order valence-corrected chi connectivity index (χ3v) is 1.27. The third kappa shape index (κ3) is 3.28. The zero-order chi connectivity index (χ0) is 7.98. The Morgan fingerprint density at radius 1 is 1.50 bits per heavy atom. The molecule has 0 atom stereocenters. The molecule has 0 heterocycles. The monoisotopic (exact) mass is 140 g/mol. The van der Waals surface area contributed by atoms with Crippen LogP contribution in [0.1, 0.15) is 13.8 Å². The lowest BCUT2D eigenvalue weighted by atomic mass is 10.1. The first kappa shape index (κ1) is 9.21. The van der Waals surface area contributed by atoms with Crippen molar-refractivity contribution in [2.75, 3.05) is 14.1 Å². The van der Waals surface area contributed by atoms with Crippen molar-refractivity contribution in [2.45, 2.75) is 13.8 Å². The second-order valence-corrected chi connectivity index (χ2v) is 2.43. The Hall–Kier alpha value is -0.790. The Balaban J connectivity index is 3.98. The summed E-state index contributed by atoms with van der Waals surface area (Å²) in [4.78, 5) is 4.11. The molecule has 0 aromatic heterocycles. The number of aliphatic imine (C=N–C) groups is 1. The van der Waals surface area contributed by atoms with Crippen LogP contribution in [0.5, 0.6) is 0 Å². The van der Waals surface area contributed by atoms with Crippen LogP contribution in [0.2, 0.25) is 0 Å². The van der Waals surface area contributed by atoms with Crippen LogP contribution in [0.25, 0.3) is 0 Å². The molecule has 0 bridgehead atoms. The molecule has 0 radical (unpaired) electrons. The SMILES string of the molecule is C/N=C(\C=C/NC)C(C)C. The topological polar surface area (TPSA) is 24.4 Å². The molecule has 58 valence electrons. The van der Waals surface area contributed by atoms with E-state index in [2.05, 4.69) is 24.2 Å². The van der Waals surface area contributed by atoms with Gasteiger partial charge in [0.25, 0.3) is 0 Å². The van der Waals surface area contributed by atoms with Crippen molar-refractivity contribution in [3.8, 4) is 0 Å². The molecule has 0 amide bonds. The fourth-order valence-electron chi connectivity index (χ4n) is 0.694. The lowest BCUT2D eigenvalue weighted by Crippen LogP contribution is -2.05. The molecule has 0 unspecified atom stereocenters. The van der Waals surface area contributed by atoms with E-state index in [1.165, 1.54) is 0 Å². The minimum absolute atomic E-state index is 0.509. The number of hydrogen-bond acceptors (Lipinski definition) is 2. The molecule has 0 rings (SSSR count). The van der Waals surface area contributed by atoms with Gasteiger partial charge in [0.2, 0.25) is 0 Å². The van der Waals surface area contributed by atoms with Crippen molar-refractivity contribution < 1.29 is 0 Å². The van der Waals surface area contributed by atoms with Gasteiger partial charge in [0.15, 0.2) is 0 Å². The van der Waals surface area contributed by atoms with E-state index in [1.54, 1.807) is 0 Å². The first-order valence-electron chi connectivity index (χ1n) is 3.52. The molecule has 0 spiro atoms. The predicted molar refractivity (Wildman–Crippen MR) is 46.4 cm³/mol. The van der Waals surface area contributed by atoms with Gasteiger partial charge in [-0.2, -0.15) is 0 Å². The maximum absolute atomic E-state index is 4.11. The van der Waals surface area contributed by atoms with Crippen LogP contribution in [0.4, 0.5) is 0 Å². The average molecular weight is 140 g/mol. The minimum Gasteiger partial charge on any atom is -0.394 e. The van der Waals surface area contributed by atoms with Gasteiger partial charge in [-0.3, -0.25) is 4.99 Å². The smallest absolute Gasteiger partial charge is 0.0384 e. The number of nitrogens with one attached hydrogen (secondary N) is 1. The van der Waals surface area contributed by atoms with Gasteiger partial charge in [-0.1, -0.05) is 13.8 Å². The van der Waals surface area contributed by atoms with Gasteiger partial charge < -0.3 is 5.32 Å². The second-order valence-electron chi connectivity index (χ2n) is 2.43. The summed E-state index contributed by atoms with van der Waals surface area (Å²) in [7, 11) is 3.69. The minimum atomic E-state index is 0.509. The van der Waals surface area contributed by atoms with Gasteiger partial charge >= 0.3 is 0 Å². The van der Waals surface area contributed by atoms with Gasteiger partial charge in [0.05, 0.1) is 0 Å². The van der Waals surface area contributed by atoms with Crippen LogP contribution in [0.3, 0.4) is 0 Å². The highest BCUT2D eigenvalue weighted by Gasteiger charge is 1.97. The molecular weight excluding hydrogens is 124 g/mol. The van der Waals surface area contributed by atoms with E-state index >= 15 is 0 Å². The van der Waals surface area contributed by atoms with E-state index in [1.807, 2.05) is 26.4 Å². The van der Waals surface area contributed by atoms with Gasteiger partial charge in [-0.05, 0) is 18.2 Å². The normalized spacial score (nSPS) is 13.1. The van der Waals surface area contributed by atoms with Crippen LogP contribution in [-0.2, 0) is 0 Å². The molecular formula is C8H16N2.